The average Bonchev–Trinajstić information content (AvgIpc) is 3.54. The molecule has 2 unspecified atom stereocenters. The number of carbonyl (C=O) groups excluding carboxylic acids is 3. The van der Waals surface area contributed by atoms with Crippen LogP contribution in [0.15, 0.2) is 29.8 Å². The van der Waals surface area contributed by atoms with Gasteiger partial charge >= 0.3 is 0 Å². The molecule has 6 atom stereocenters. The van der Waals surface area contributed by atoms with Crippen molar-refractivity contribution < 1.29 is 19.5 Å². The summed E-state index contributed by atoms with van der Waals surface area (Å²) in [5.74, 6) is 0.771. The summed E-state index contributed by atoms with van der Waals surface area (Å²) in [4.78, 5) is 48.4. The topological polar surface area (TPSA) is 112 Å². The monoisotopic (exact) mass is 634 g/mol. The first-order valence-electron chi connectivity index (χ1n) is 16.7. The zero-order valence-corrected chi connectivity index (χ0v) is 28.5. The Balaban J connectivity index is 1.12. The molecule has 4 saturated carbocycles. The highest BCUT2D eigenvalue weighted by Gasteiger charge is 2.56. The van der Waals surface area contributed by atoms with Gasteiger partial charge in [0.15, 0.2) is 0 Å². The molecule has 3 amide bonds. The molecule has 1 saturated heterocycles. The second kappa shape index (κ2) is 11.8. The SMILES string of the molecule is Cc1ncsc1-c1ccc([C@H](C)NC(=O)[C@@H]2C[C@@H](O)CN2C(=O)[C@@H](NC(=O)CC23CC4CC(CC(C)(C4)C2)C3)C(C)(C)C)cc1. The van der Waals surface area contributed by atoms with Crippen LogP contribution in [-0.4, -0.2) is 57.4 Å². The summed E-state index contributed by atoms with van der Waals surface area (Å²) in [6.45, 7) is 12.2. The molecule has 2 aromatic rings. The molecule has 2 heterocycles. The first kappa shape index (κ1) is 32.2. The van der Waals surface area contributed by atoms with Crippen molar-refractivity contribution in [1.82, 2.24) is 20.5 Å². The van der Waals surface area contributed by atoms with Gasteiger partial charge in [-0.15, -0.1) is 11.3 Å². The van der Waals surface area contributed by atoms with Crippen LogP contribution in [0, 0.1) is 35.0 Å². The molecule has 0 radical (unpaired) electrons. The number of amides is 3. The lowest BCUT2D eigenvalue weighted by molar-refractivity contribution is -0.146. The number of carbonyl (C=O) groups is 3. The highest BCUT2D eigenvalue weighted by Crippen LogP contribution is 2.66. The molecule has 7 rings (SSSR count). The van der Waals surface area contributed by atoms with Crippen molar-refractivity contribution in [3.63, 3.8) is 0 Å². The highest BCUT2D eigenvalue weighted by atomic mass is 32.1. The van der Waals surface area contributed by atoms with Crippen LogP contribution in [-0.2, 0) is 14.4 Å². The largest absolute Gasteiger partial charge is 0.391 e. The quantitative estimate of drug-likeness (QED) is 0.341. The van der Waals surface area contributed by atoms with Crippen LogP contribution in [0.4, 0.5) is 0 Å². The van der Waals surface area contributed by atoms with Crippen molar-refractivity contribution in [2.75, 3.05) is 6.54 Å². The van der Waals surface area contributed by atoms with Crippen LogP contribution >= 0.6 is 11.3 Å². The third kappa shape index (κ3) is 6.57. The number of benzene rings is 1. The predicted molar refractivity (Wildman–Crippen MR) is 176 cm³/mol. The Bertz CT molecular complexity index is 1430. The van der Waals surface area contributed by atoms with Gasteiger partial charge in [-0.25, -0.2) is 4.98 Å². The summed E-state index contributed by atoms with van der Waals surface area (Å²) in [6, 6.07) is 6.18. The van der Waals surface area contributed by atoms with E-state index in [1.807, 2.05) is 64.4 Å². The summed E-state index contributed by atoms with van der Waals surface area (Å²) in [5.41, 5.74) is 4.67. The summed E-state index contributed by atoms with van der Waals surface area (Å²) in [6.07, 6.45) is 7.04. The van der Waals surface area contributed by atoms with Gasteiger partial charge in [-0.1, -0.05) is 52.0 Å². The van der Waals surface area contributed by atoms with Gasteiger partial charge in [0.1, 0.15) is 12.1 Å². The molecular formula is C36H50N4O4S. The van der Waals surface area contributed by atoms with E-state index in [-0.39, 0.29) is 42.1 Å². The second-order valence-electron chi connectivity index (χ2n) is 16.3. The molecule has 0 spiro atoms. The Morgan fingerprint density at radius 2 is 1.73 bits per heavy atom. The molecule has 4 aliphatic carbocycles. The zero-order valence-electron chi connectivity index (χ0n) is 27.7. The van der Waals surface area contributed by atoms with Crippen LogP contribution in [0.2, 0.25) is 0 Å². The van der Waals surface area contributed by atoms with Crippen molar-refractivity contribution in [1.29, 1.82) is 0 Å². The van der Waals surface area contributed by atoms with Gasteiger partial charge in [-0.3, -0.25) is 14.4 Å². The number of thiazole rings is 1. The maximum Gasteiger partial charge on any atom is 0.246 e. The van der Waals surface area contributed by atoms with Gasteiger partial charge in [-0.2, -0.15) is 0 Å². The van der Waals surface area contributed by atoms with E-state index in [4.69, 9.17) is 0 Å². The third-order valence-electron chi connectivity index (χ3n) is 11.1. The van der Waals surface area contributed by atoms with E-state index in [0.29, 0.717) is 11.8 Å². The van der Waals surface area contributed by atoms with E-state index in [0.717, 1.165) is 52.8 Å². The summed E-state index contributed by atoms with van der Waals surface area (Å²) in [5, 5.41) is 16.8. The fraction of sp³-hybridized carbons (Fsp3) is 0.667. The minimum absolute atomic E-state index is 0.0362. The molecule has 3 N–H and O–H groups in total. The standard InChI is InChI=1S/C36H50N4O4S/c1-21(25-7-9-26(10-8-25)30-22(2)37-20-45-30)38-32(43)28-12-27(41)18-40(28)33(44)31(34(3,4)5)39-29(42)17-36-15-23-11-24(16-36)14-35(6,13-23)19-36/h7-10,20-21,23-24,27-28,31,41H,11-19H2,1-6H3,(H,38,43)(H,39,42)/t21-,23?,24?,27+,28-,31+,35?,36?/m0/s1. The lowest BCUT2D eigenvalue weighted by atomic mass is 9.44. The van der Waals surface area contributed by atoms with Crippen molar-refractivity contribution in [2.24, 2.45) is 28.1 Å². The number of likely N-dealkylation sites (tertiary alicyclic amines) is 1. The van der Waals surface area contributed by atoms with Crippen molar-refractivity contribution >= 4 is 29.1 Å². The number of aliphatic hydroxyl groups excluding tert-OH is 1. The normalized spacial score (nSPS) is 31.9. The van der Waals surface area contributed by atoms with Crippen LogP contribution in [0.1, 0.15) is 103 Å². The number of rotatable bonds is 8. The van der Waals surface area contributed by atoms with Crippen LogP contribution in [0.3, 0.4) is 0 Å². The smallest absolute Gasteiger partial charge is 0.246 e. The van der Waals surface area contributed by atoms with Gasteiger partial charge in [0.05, 0.1) is 28.2 Å². The van der Waals surface area contributed by atoms with E-state index < -0.39 is 23.6 Å². The number of aliphatic hydroxyl groups is 1. The molecule has 1 aromatic carbocycles. The van der Waals surface area contributed by atoms with Crippen LogP contribution < -0.4 is 10.6 Å². The third-order valence-corrected chi connectivity index (χ3v) is 12.0. The second-order valence-corrected chi connectivity index (χ2v) is 17.2. The molecule has 244 valence electrons. The molecule has 5 fully saturated rings. The summed E-state index contributed by atoms with van der Waals surface area (Å²) < 4.78 is 0. The van der Waals surface area contributed by atoms with Gasteiger partial charge in [0.25, 0.3) is 0 Å². The first-order valence-corrected chi connectivity index (χ1v) is 17.6. The van der Waals surface area contributed by atoms with Crippen molar-refractivity contribution in [3.8, 4) is 10.4 Å². The number of hydrogen-bond acceptors (Lipinski definition) is 6. The number of β-amino-alcohol motifs (C(OH)–C–C–N with tert-alkyl or cyclic N) is 1. The Morgan fingerprint density at radius 3 is 2.31 bits per heavy atom. The molecule has 5 aliphatic rings. The lowest BCUT2D eigenvalue weighted by Gasteiger charge is -2.61. The van der Waals surface area contributed by atoms with Gasteiger partial charge in [-0.05, 0) is 91.6 Å². The lowest BCUT2D eigenvalue weighted by Crippen LogP contribution is -2.59. The molecule has 45 heavy (non-hydrogen) atoms. The van der Waals surface area contributed by atoms with Crippen molar-refractivity contribution in [3.05, 3.63) is 41.0 Å². The number of aryl methyl sites for hydroxylation is 1. The fourth-order valence-electron chi connectivity index (χ4n) is 9.70. The van der Waals surface area contributed by atoms with Crippen LogP contribution in [0.5, 0.6) is 0 Å². The average molecular weight is 635 g/mol. The molecule has 9 heteroatoms. The minimum atomic E-state index is -0.807. The van der Waals surface area contributed by atoms with E-state index in [1.165, 1.54) is 24.2 Å². The number of hydrogen-bond donors (Lipinski definition) is 3. The maximum absolute atomic E-state index is 14.2. The summed E-state index contributed by atoms with van der Waals surface area (Å²) >= 11 is 1.60. The fourth-order valence-corrected chi connectivity index (χ4v) is 10.5. The van der Waals surface area contributed by atoms with Crippen molar-refractivity contribution in [2.45, 2.75) is 117 Å². The zero-order chi connectivity index (χ0) is 32.3. The maximum atomic E-state index is 14.2. The predicted octanol–water partition coefficient (Wildman–Crippen LogP) is 5.79. The molecule has 8 nitrogen and oxygen atoms in total. The molecule has 1 aliphatic heterocycles. The Morgan fingerprint density at radius 1 is 1.07 bits per heavy atom. The minimum Gasteiger partial charge on any atom is -0.391 e. The number of nitrogens with zero attached hydrogens (tertiary/aromatic N) is 2. The van der Waals surface area contributed by atoms with Gasteiger partial charge in [0.2, 0.25) is 17.7 Å². The van der Waals surface area contributed by atoms with Gasteiger partial charge < -0.3 is 20.6 Å². The number of nitrogens with one attached hydrogen (secondary N) is 2. The highest BCUT2D eigenvalue weighted by molar-refractivity contribution is 7.13. The van der Waals surface area contributed by atoms with E-state index in [1.54, 1.807) is 11.3 Å². The van der Waals surface area contributed by atoms with E-state index >= 15 is 0 Å². The molecule has 4 bridgehead atoms. The first-order chi connectivity index (χ1) is 21.1. The van der Waals surface area contributed by atoms with Gasteiger partial charge in [0, 0.05) is 19.4 Å². The van der Waals surface area contributed by atoms with E-state index in [2.05, 4.69) is 22.5 Å². The Kier molecular flexibility index (Phi) is 8.43. The number of aromatic nitrogens is 1. The molecular weight excluding hydrogens is 584 g/mol. The summed E-state index contributed by atoms with van der Waals surface area (Å²) in [7, 11) is 0. The molecule has 1 aromatic heterocycles. The van der Waals surface area contributed by atoms with E-state index in [9.17, 15) is 19.5 Å². The van der Waals surface area contributed by atoms with Crippen LogP contribution in [0.25, 0.3) is 10.4 Å². The Labute approximate surface area is 271 Å². The Hall–Kier alpha value is -2.78.